The van der Waals surface area contributed by atoms with E-state index in [1.165, 1.54) is 11.1 Å². The Morgan fingerprint density at radius 2 is 2.07 bits per heavy atom. The van der Waals surface area contributed by atoms with Gasteiger partial charge >= 0.3 is 0 Å². The molecule has 0 unspecified atom stereocenters. The molecule has 0 fully saturated rings. The van der Waals surface area contributed by atoms with E-state index in [-0.39, 0.29) is 16.9 Å². The van der Waals surface area contributed by atoms with Crippen LogP contribution >= 0.6 is 11.8 Å². The molecule has 0 atom stereocenters. The number of pyridine rings is 1. The van der Waals surface area contributed by atoms with Gasteiger partial charge in [0.15, 0.2) is 0 Å². The van der Waals surface area contributed by atoms with Crippen LogP contribution in [0.15, 0.2) is 54.7 Å². The summed E-state index contributed by atoms with van der Waals surface area (Å²) in [5.74, 6) is -0.107. The molecule has 0 bridgehead atoms. The Hall–Kier alpha value is -2.86. The molecule has 2 heterocycles. The zero-order valence-corrected chi connectivity index (χ0v) is 16.5. The number of thioether (sulfide) groups is 1. The first-order valence-corrected chi connectivity index (χ1v) is 10.3. The molecule has 1 aliphatic rings. The minimum absolute atomic E-state index is 0.0809. The third kappa shape index (κ3) is 4.02. The first-order chi connectivity index (χ1) is 13.6. The number of nitrogens with zero attached hydrogens (tertiary/aromatic N) is 2. The van der Waals surface area contributed by atoms with Gasteiger partial charge in [-0.3, -0.25) is 14.6 Å². The average molecular weight is 391 g/mol. The Labute approximate surface area is 168 Å². The number of amides is 2. The topological polar surface area (TPSA) is 62.3 Å². The second-order valence-electron chi connectivity index (χ2n) is 6.90. The quantitative estimate of drug-likeness (QED) is 0.697. The zero-order valence-electron chi connectivity index (χ0n) is 15.6. The van der Waals surface area contributed by atoms with Gasteiger partial charge in [-0.05, 0) is 55.7 Å². The summed E-state index contributed by atoms with van der Waals surface area (Å²) in [7, 11) is 0. The van der Waals surface area contributed by atoms with Crippen molar-refractivity contribution in [2.45, 2.75) is 19.8 Å². The van der Waals surface area contributed by atoms with E-state index >= 15 is 0 Å². The zero-order chi connectivity index (χ0) is 19.5. The lowest BCUT2D eigenvalue weighted by molar-refractivity contribution is -0.113. The highest BCUT2D eigenvalue weighted by molar-refractivity contribution is 8.14. The molecule has 5 nitrogen and oxygen atoms in total. The van der Waals surface area contributed by atoms with Gasteiger partial charge in [-0.15, -0.1) is 0 Å². The number of nitrogens with one attached hydrogen (secondary N) is 1. The van der Waals surface area contributed by atoms with Crippen molar-refractivity contribution in [3.63, 3.8) is 0 Å². The van der Waals surface area contributed by atoms with Crippen LogP contribution in [-0.2, 0) is 11.2 Å². The van der Waals surface area contributed by atoms with Gasteiger partial charge < -0.3 is 10.2 Å². The molecule has 0 spiro atoms. The van der Waals surface area contributed by atoms with Crippen LogP contribution < -0.4 is 10.2 Å². The molecule has 0 saturated carbocycles. The molecule has 6 heteroatoms. The molecule has 2 amide bonds. The van der Waals surface area contributed by atoms with E-state index in [1.54, 1.807) is 11.1 Å². The molecule has 3 aromatic rings. The standard InChI is InChI=1S/C22H21N3O2S/c1-15-6-9-20-17(12-15)5-3-11-25(20)22(27)28-14-21(26)24-18-7-8-19-16(13-18)4-2-10-23-19/h2,4,6-10,12-13H,3,5,11,14H2,1H3,(H,24,26). The van der Waals surface area contributed by atoms with Gasteiger partial charge in [0.1, 0.15) is 0 Å². The highest BCUT2D eigenvalue weighted by atomic mass is 32.2. The summed E-state index contributed by atoms with van der Waals surface area (Å²) >= 11 is 1.04. The summed E-state index contributed by atoms with van der Waals surface area (Å²) < 4.78 is 0. The fraction of sp³-hybridized carbons (Fsp3) is 0.227. The van der Waals surface area contributed by atoms with Crippen molar-refractivity contribution < 1.29 is 9.59 Å². The lowest BCUT2D eigenvalue weighted by Crippen LogP contribution is -2.33. The number of benzene rings is 2. The van der Waals surface area contributed by atoms with E-state index in [2.05, 4.69) is 23.3 Å². The average Bonchev–Trinajstić information content (AvgIpc) is 2.71. The molecule has 0 saturated heterocycles. The van der Waals surface area contributed by atoms with E-state index in [1.807, 2.05) is 42.5 Å². The first-order valence-electron chi connectivity index (χ1n) is 9.28. The summed E-state index contributed by atoms with van der Waals surface area (Å²) in [5, 5.41) is 3.74. The lowest BCUT2D eigenvalue weighted by atomic mass is 10.0. The van der Waals surface area contributed by atoms with Crippen molar-refractivity contribution in [2.24, 2.45) is 0 Å². The highest BCUT2D eigenvalue weighted by Crippen LogP contribution is 2.30. The molecule has 28 heavy (non-hydrogen) atoms. The molecule has 1 aromatic heterocycles. The second-order valence-corrected chi connectivity index (χ2v) is 7.83. The number of hydrogen-bond donors (Lipinski definition) is 1. The molecule has 142 valence electrons. The number of hydrogen-bond acceptors (Lipinski definition) is 4. The van der Waals surface area contributed by atoms with E-state index in [0.29, 0.717) is 12.2 Å². The molecule has 2 aromatic carbocycles. The minimum atomic E-state index is -0.192. The van der Waals surface area contributed by atoms with Gasteiger partial charge in [-0.2, -0.15) is 0 Å². The Bertz CT molecular complexity index is 1050. The SMILES string of the molecule is Cc1ccc2c(c1)CCCN2C(=O)SCC(=O)Nc1ccc2ncccc2c1. The maximum absolute atomic E-state index is 12.7. The Morgan fingerprint density at radius 3 is 2.96 bits per heavy atom. The minimum Gasteiger partial charge on any atom is -0.325 e. The van der Waals surface area contributed by atoms with Crippen molar-refractivity contribution in [2.75, 3.05) is 22.5 Å². The number of aromatic nitrogens is 1. The summed E-state index contributed by atoms with van der Waals surface area (Å²) in [6.07, 6.45) is 3.67. The van der Waals surface area contributed by atoms with Crippen LogP contribution in [0.25, 0.3) is 10.9 Å². The summed E-state index contributed by atoms with van der Waals surface area (Å²) in [4.78, 5) is 31.0. The number of carbonyl (C=O) groups is 2. The van der Waals surface area contributed by atoms with Crippen molar-refractivity contribution in [1.82, 2.24) is 4.98 Å². The predicted molar refractivity (Wildman–Crippen MR) is 115 cm³/mol. The van der Waals surface area contributed by atoms with E-state index in [0.717, 1.165) is 41.2 Å². The molecule has 1 aliphatic heterocycles. The Morgan fingerprint density at radius 1 is 1.18 bits per heavy atom. The summed E-state index contributed by atoms with van der Waals surface area (Å²) in [6.45, 7) is 2.75. The number of carbonyl (C=O) groups excluding carboxylic acids is 2. The fourth-order valence-electron chi connectivity index (χ4n) is 3.47. The van der Waals surface area contributed by atoms with Gasteiger partial charge in [-0.25, -0.2) is 0 Å². The van der Waals surface area contributed by atoms with Gasteiger partial charge in [-0.1, -0.05) is 35.5 Å². The van der Waals surface area contributed by atoms with Crippen molar-refractivity contribution in [3.05, 3.63) is 65.9 Å². The van der Waals surface area contributed by atoms with E-state index in [4.69, 9.17) is 0 Å². The molecular weight excluding hydrogens is 370 g/mol. The predicted octanol–water partition coefficient (Wildman–Crippen LogP) is 4.79. The Kier molecular flexibility index (Phi) is 5.30. The Balaban J connectivity index is 1.37. The number of aryl methyl sites for hydroxylation is 2. The van der Waals surface area contributed by atoms with Crippen LogP contribution in [0.4, 0.5) is 16.2 Å². The molecule has 1 N–H and O–H groups in total. The van der Waals surface area contributed by atoms with Crippen molar-refractivity contribution in [3.8, 4) is 0 Å². The van der Waals surface area contributed by atoms with E-state index in [9.17, 15) is 9.59 Å². The van der Waals surface area contributed by atoms with Gasteiger partial charge in [0.05, 0.1) is 11.3 Å². The maximum Gasteiger partial charge on any atom is 0.286 e. The van der Waals surface area contributed by atoms with Crippen molar-refractivity contribution in [1.29, 1.82) is 0 Å². The number of rotatable bonds is 3. The van der Waals surface area contributed by atoms with Gasteiger partial charge in [0, 0.05) is 29.5 Å². The molecule has 4 rings (SSSR count). The van der Waals surface area contributed by atoms with Crippen LogP contribution in [0, 0.1) is 6.92 Å². The second kappa shape index (κ2) is 8.02. The fourth-order valence-corrected chi connectivity index (χ4v) is 4.14. The van der Waals surface area contributed by atoms with Crippen LogP contribution in [0.1, 0.15) is 17.5 Å². The normalized spacial score (nSPS) is 13.2. The van der Waals surface area contributed by atoms with Crippen LogP contribution in [0.3, 0.4) is 0 Å². The third-order valence-corrected chi connectivity index (χ3v) is 5.66. The lowest BCUT2D eigenvalue weighted by Gasteiger charge is -2.29. The summed E-state index contributed by atoms with van der Waals surface area (Å²) in [6, 6.07) is 15.6. The molecule has 0 aliphatic carbocycles. The maximum atomic E-state index is 12.7. The monoisotopic (exact) mass is 391 g/mol. The smallest absolute Gasteiger partial charge is 0.286 e. The van der Waals surface area contributed by atoms with Gasteiger partial charge in [0.25, 0.3) is 5.24 Å². The molecular formula is C22H21N3O2S. The van der Waals surface area contributed by atoms with Crippen molar-refractivity contribution >= 4 is 45.2 Å². The first kappa shape index (κ1) is 18.5. The number of fused-ring (bicyclic) bond motifs is 2. The van der Waals surface area contributed by atoms with Crippen LogP contribution in [0.2, 0.25) is 0 Å². The highest BCUT2D eigenvalue weighted by Gasteiger charge is 2.23. The van der Waals surface area contributed by atoms with Crippen LogP contribution in [-0.4, -0.2) is 28.4 Å². The van der Waals surface area contributed by atoms with Crippen LogP contribution in [0.5, 0.6) is 0 Å². The van der Waals surface area contributed by atoms with Gasteiger partial charge in [0.2, 0.25) is 5.91 Å². The number of anilines is 2. The largest absolute Gasteiger partial charge is 0.325 e. The summed E-state index contributed by atoms with van der Waals surface area (Å²) in [5.41, 5.74) is 4.96. The molecule has 0 radical (unpaired) electrons. The third-order valence-electron chi connectivity index (χ3n) is 4.79. The van der Waals surface area contributed by atoms with E-state index < -0.39 is 0 Å².